The van der Waals surface area contributed by atoms with Crippen molar-refractivity contribution in [2.75, 3.05) is 26.2 Å². The van der Waals surface area contributed by atoms with Crippen molar-refractivity contribution < 1.29 is 4.79 Å². The summed E-state index contributed by atoms with van der Waals surface area (Å²) in [6.07, 6.45) is 7.44. The molecule has 4 rings (SSSR count). The number of rotatable bonds is 4. The molecule has 1 saturated carbocycles. The second-order valence-electron chi connectivity index (χ2n) is 7.37. The fourth-order valence-electron chi connectivity index (χ4n) is 4.18. The van der Waals surface area contributed by atoms with Gasteiger partial charge in [0, 0.05) is 25.7 Å². The summed E-state index contributed by atoms with van der Waals surface area (Å²) < 4.78 is 0. The standard InChI is InChI=1S/C18H26N2OS/c21-18(9-15-6-8-22-13-15)20-11-16-3-1-2-7-19(17(16)12-20)10-14-4-5-14/h6,8,13-14,16-17H,1-5,7,9-12H2/t16-,17+/m0/s1. The number of amides is 1. The van der Waals surface area contributed by atoms with Crippen molar-refractivity contribution in [3.05, 3.63) is 22.4 Å². The monoisotopic (exact) mass is 318 g/mol. The van der Waals surface area contributed by atoms with Gasteiger partial charge >= 0.3 is 0 Å². The smallest absolute Gasteiger partial charge is 0.227 e. The van der Waals surface area contributed by atoms with Crippen LogP contribution < -0.4 is 0 Å². The van der Waals surface area contributed by atoms with E-state index in [2.05, 4.69) is 26.6 Å². The van der Waals surface area contributed by atoms with E-state index in [1.165, 1.54) is 50.8 Å². The quantitative estimate of drug-likeness (QED) is 0.852. The second-order valence-corrected chi connectivity index (χ2v) is 8.15. The van der Waals surface area contributed by atoms with Gasteiger partial charge in [0.05, 0.1) is 6.42 Å². The number of carbonyl (C=O) groups is 1. The normalized spacial score (nSPS) is 29.4. The van der Waals surface area contributed by atoms with Crippen LogP contribution in [0.1, 0.15) is 37.7 Å². The van der Waals surface area contributed by atoms with Crippen LogP contribution in [0.4, 0.5) is 0 Å². The molecule has 0 unspecified atom stereocenters. The van der Waals surface area contributed by atoms with Crippen LogP contribution in [0.25, 0.3) is 0 Å². The lowest BCUT2D eigenvalue weighted by Gasteiger charge is -2.30. The Balaban J connectivity index is 1.40. The van der Waals surface area contributed by atoms with Gasteiger partial charge in [0.2, 0.25) is 5.91 Å². The minimum absolute atomic E-state index is 0.331. The van der Waals surface area contributed by atoms with Gasteiger partial charge in [0.15, 0.2) is 0 Å². The summed E-state index contributed by atoms with van der Waals surface area (Å²) in [5.41, 5.74) is 1.18. The third kappa shape index (κ3) is 3.23. The molecule has 2 atom stereocenters. The van der Waals surface area contributed by atoms with E-state index in [1.807, 2.05) is 0 Å². The van der Waals surface area contributed by atoms with Crippen molar-refractivity contribution in [3.63, 3.8) is 0 Å². The Morgan fingerprint density at radius 3 is 2.91 bits per heavy atom. The molecule has 0 N–H and O–H groups in total. The molecule has 3 aliphatic rings. The molecule has 22 heavy (non-hydrogen) atoms. The highest BCUT2D eigenvalue weighted by molar-refractivity contribution is 7.07. The van der Waals surface area contributed by atoms with Gasteiger partial charge in [-0.2, -0.15) is 11.3 Å². The van der Waals surface area contributed by atoms with E-state index in [0.29, 0.717) is 24.3 Å². The molecular weight excluding hydrogens is 292 g/mol. The second kappa shape index (κ2) is 6.32. The molecule has 3 nitrogen and oxygen atoms in total. The lowest BCUT2D eigenvalue weighted by atomic mass is 9.98. The van der Waals surface area contributed by atoms with Crippen LogP contribution in [0.5, 0.6) is 0 Å². The Kier molecular flexibility index (Phi) is 4.23. The number of hydrogen-bond acceptors (Lipinski definition) is 3. The average Bonchev–Trinajstić information content (AvgIpc) is 3.06. The Morgan fingerprint density at radius 2 is 2.14 bits per heavy atom. The SMILES string of the molecule is O=C(Cc1ccsc1)N1C[C@@H]2CCCCN(CC3CC3)[C@@H]2C1. The summed E-state index contributed by atoms with van der Waals surface area (Å²) in [4.78, 5) is 17.5. The Labute approximate surface area is 137 Å². The van der Waals surface area contributed by atoms with Gasteiger partial charge in [-0.15, -0.1) is 0 Å². The first-order chi connectivity index (χ1) is 10.8. The summed E-state index contributed by atoms with van der Waals surface area (Å²) in [5.74, 6) is 2.00. The molecule has 1 aromatic rings. The maximum atomic E-state index is 12.6. The number of likely N-dealkylation sites (tertiary alicyclic amines) is 2. The van der Waals surface area contributed by atoms with E-state index in [0.717, 1.165) is 19.0 Å². The van der Waals surface area contributed by atoms with Gasteiger partial charge in [-0.25, -0.2) is 0 Å². The molecule has 0 spiro atoms. The summed E-state index contributed by atoms with van der Waals surface area (Å²) in [6.45, 7) is 4.51. The fraction of sp³-hybridized carbons (Fsp3) is 0.722. The van der Waals surface area contributed by atoms with E-state index < -0.39 is 0 Å². The van der Waals surface area contributed by atoms with E-state index in [9.17, 15) is 4.79 Å². The molecule has 0 bridgehead atoms. The minimum Gasteiger partial charge on any atom is -0.340 e. The largest absolute Gasteiger partial charge is 0.340 e. The Bertz CT molecular complexity index is 511. The van der Waals surface area contributed by atoms with E-state index in [4.69, 9.17) is 0 Å². The average molecular weight is 318 g/mol. The molecule has 1 aliphatic carbocycles. The van der Waals surface area contributed by atoms with Crippen LogP contribution in [0.2, 0.25) is 0 Å². The van der Waals surface area contributed by atoms with Crippen LogP contribution in [-0.4, -0.2) is 47.9 Å². The summed E-state index contributed by atoms with van der Waals surface area (Å²) in [6, 6.07) is 2.71. The van der Waals surface area contributed by atoms with Crippen LogP contribution in [0, 0.1) is 11.8 Å². The van der Waals surface area contributed by atoms with E-state index in [-0.39, 0.29) is 0 Å². The highest BCUT2D eigenvalue weighted by Crippen LogP contribution is 2.35. The summed E-state index contributed by atoms with van der Waals surface area (Å²) in [5, 5.41) is 4.17. The van der Waals surface area contributed by atoms with Crippen molar-refractivity contribution in [1.82, 2.24) is 9.80 Å². The van der Waals surface area contributed by atoms with Crippen molar-refractivity contribution in [1.29, 1.82) is 0 Å². The third-order valence-electron chi connectivity index (χ3n) is 5.62. The third-order valence-corrected chi connectivity index (χ3v) is 6.36. The molecule has 4 heteroatoms. The number of thiophene rings is 1. The molecule has 1 aromatic heterocycles. The zero-order valence-electron chi connectivity index (χ0n) is 13.2. The van der Waals surface area contributed by atoms with Crippen LogP contribution in [0.15, 0.2) is 16.8 Å². The van der Waals surface area contributed by atoms with Crippen molar-refractivity contribution in [2.45, 2.75) is 44.6 Å². The Morgan fingerprint density at radius 1 is 1.23 bits per heavy atom. The van der Waals surface area contributed by atoms with Crippen LogP contribution in [0.3, 0.4) is 0 Å². The first-order valence-electron chi connectivity index (χ1n) is 8.82. The minimum atomic E-state index is 0.331. The number of carbonyl (C=O) groups excluding carboxylic acids is 1. The molecule has 1 amide bonds. The highest BCUT2D eigenvalue weighted by Gasteiger charge is 2.40. The van der Waals surface area contributed by atoms with Gasteiger partial charge in [-0.05, 0) is 66.5 Å². The first kappa shape index (κ1) is 14.7. The maximum Gasteiger partial charge on any atom is 0.227 e. The predicted octanol–water partition coefficient (Wildman–Crippen LogP) is 3.01. The molecule has 3 heterocycles. The lowest BCUT2D eigenvalue weighted by Crippen LogP contribution is -2.42. The zero-order valence-corrected chi connectivity index (χ0v) is 14.1. The van der Waals surface area contributed by atoms with Crippen molar-refractivity contribution in [3.8, 4) is 0 Å². The number of hydrogen-bond donors (Lipinski definition) is 0. The molecule has 3 fully saturated rings. The summed E-state index contributed by atoms with van der Waals surface area (Å²) >= 11 is 1.68. The van der Waals surface area contributed by atoms with Crippen molar-refractivity contribution in [2.24, 2.45) is 11.8 Å². The topological polar surface area (TPSA) is 23.6 Å². The van der Waals surface area contributed by atoms with Gasteiger partial charge < -0.3 is 4.90 Å². The molecule has 0 radical (unpaired) electrons. The lowest BCUT2D eigenvalue weighted by molar-refractivity contribution is -0.129. The van der Waals surface area contributed by atoms with Crippen molar-refractivity contribution >= 4 is 17.2 Å². The maximum absolute atomic E-state index is 12.6. The highest BCUT2D eigenvalue weighted by atomic mass is 32.1. The molecule has 2 aliphatic heterocycles. The van der Waals surface area contributed by atoms with Gasteiger partial charge in [-0.3, -0.25) is 9.69 Å². The van der Waals surface area contributed by atoms with Gasteiger partial charge in [0.1, 0.15) is 0 Å². The summed E-state index contributed by atoms with van der Waals surface area (Å²) in [7, 11) is 0. The molecule has 2 saturated heterocycles. The zero-order chi connectivity index (χ0) is 14.9. The van der Waals surface area contributed by atoms with Crippen LogP contribution >= 0.6 is 11.3 Å². The fourth-order valence-corrected chi connectivity index (χ4v) is 4.85. The van der Waals surface area contributed by atoms with Gasteiger partial charge in [0.25, 0.3) is 0 Å². The Hall–Kier alpha value is -0.870. The molecule has 0 aromatic carbocycles. The van der Waals surface area contributed by atoms with E-state index >= 15 is 0 Å². The number of nitrogens with zero attached hydrogens (tertiary/aromatic N) is 2. The first-order valence-corrected chi connectivity index (χ1v) is 9.77. The van der Waals surface area contributed by atoms with E-state index in [1.54, 1.807) is 11.3 Å². The van der Waals surface area contributed by atoms with Crippen LogP contribution in [-0.2, 0) is 11.2 Å². The molecular formula is C18H26N2OS. The van der Waals surface area contributed by atoms with Gasteiger partial charge in [-0.1, -0.05) is 6.42 Å². The predicted molar refractivity (Wildman–Crippen MR) is 90.0 cm³/mol. The molecule has 120 valence electrons. The number of fused-ring (bicyclic) bond motifs is 1.